The highest BCUT2D eigenvalue weighted by molar-refractivity contribution is 6.30. The van der Waals surface area contributed by atoms with Crippen molar-refractivity contribution < 1.29 is 44.3 Å². The number of ether oxygens (including phenoxy) is 2. The Bertz CT molecular complexity index is 1290. The maximum atomic E-state index is 13.6. The topological polar surface area (TPSA) is 177 Å². The summed E-state index contributed by atoms with van der Waals surface area (Å²) in [6.45, 7) is 2.81. The third-order valence-corrected chi connectivity index (χ3v) is 7.50. The van der Waals surface area contributed by atoms with Gasteiger partial charge in [0.05, 0.1) is 23.9 Å². The molecule has 0 bridgehead atoms. The molecule has 0 aromatic heterocycles. The molecule has 4 unspecified atom stereocenters. The fraction of sp³-hybridized carbons (Fsp3) is 0.423. The van der Waals surface area contributed by atoms with E-state index in [1.807, 2.05) is 0 Å². The maximum absolute atomic E-state index is 13.6. The van der Waals surface area contributed by atoms with E-state index in [2.05, 4.69) is 0 Å². The van der Waals surface area contributed by atoms with Gasteiger partial charge in [0, 0.05) is 47.6 Å². The summed E-state index contributed by atoms with van der Waals surface area (Å²) < 4.78 is 11.8. The van der Waals surface area contributed by atoms with Crippen molar-refractivity contribution in [1.29, 1.82) is 0 Å². The van der Waals surface area contributed by atoms with E-state index in [0.29, 0.717) is 0 Å². The first-order chi connectivity index (χ1) is 16.9. The second kappa shape index (κ2) is 8.46. The van der Waals surface area contributed by atoms with Crippen LogP contribution in [0.25, 0.3) is 0 Å². The zero-order valence-corrected chi connectivity index (χ0v) is 19.7. The minimum atomic E-state index is -1.98. The third-order valence-electron chi connectivity index (χ3n) is 7.50. The molecule has 10 heteroatoms. The van der Waals surface area contributed by atoms with E-state index in [4.69, 9.17) is 15.2 Å². The molecule has 6 atom stereocenters. The summed E-state index contributed by atoms with van der Waals surface area (Å²) in [5.74, 6) is -3.28. The second-order valence-corrected chi connectivity index (χ2v) is 9.80. The number of carbonyl (C=O) groups is 3. The number of phenols is 2. The van der Waals surface area contributed by atoms with Crippen molar-refractivity contribution in [3.05, 3.63) is 57.6 Å². The molecule has 5 rings (SSSR count). The summed E-state index contributed by atoms with van der Waals surface area (Å²) >= 11 is 0. The molecule has 190 valence electrons. The van der Waals surface area contributed by atoms with E-state index in [0.717, 1.165) is 0 Å². The molecule has 6 N–H and O–H groups in total. The Morgan fingerprint density at radius 1 is 1.11 bits per heavy atom. The van der Waals surface area contributed by atoms with Crippen LogP contribution in [0.15, 0.2) is 24.3 Å². The number of Topliss-reactive ketones (excluding diaryl/α,β-unsaturated/α-hetero) is 1. The van der Waals surface area contributed by atoms with Crippen LogP contribution in [0.5, 0.6) is 11.5 Å². The van der Waals surface area contributed by atoms with Gasteiger partial charge >= 0.3 is 0 Å². The highest BCUT2D eigenvalue weighted by Crippen LogP contribution is 2.52. The molecule has 2 aliphatic carbocycles. The highest BCUT2D eigenvalue weighted by Gasteiger charge is 2.49. The summed E-state index contributed by atoms with van der Waals surface area (Å²) in [6, 6.07) is 5.43. The number of aromatic hydroxyl groups is 2. The first kappa shape index (κ1) is 24.5. The number of hydrogen-bond donors (Lipinski definition) is 5. The van der Waals surface area contributed by atoms with Crippen molar-refractivity contribution in [2.75, 3.05) is 0 Å². The molecule has 36 heavy (non-hydrogen) atoms. The smallest absolute Gasteiger partial charge is 0.198 e. The Morgan fingerprint density at radius 2 is 1.72 bits per heavy atom. The van der Waals surface area contributed by atoms with Crippen LogP contribution in [-0.2, 0) is 20.7 Å². The van der Waals surface area contributed by atoms with Crippen LogP contribution in [0, 0.1) is 0 Å². The van der Waals surface area contributed by atoms with Gasteiger partial charge < -0.3 is 35.6 Å². The number of phenolic OH excluding ortho intramolecular Hbond substituents is 2. The average Bonchev–Trinajstić information content (AvgIpc) is 2.82. The molecule has 2 aromatic rings. The number of rotatable bonds is 3. The summed E-state index contributed by atoms with van der Waals surface area (Å²) in [7, 11) is 0. The van der Waals surface area contributed by atoms with Crippen molar-refractivity contribution in [3.8, 4) is 11.5 Å². The third kappa shape index (κ3) is 3.56. The minimum absolute atomic E-state index is 0.00588. The number of benzene rings is 2. The number of aliphatic hydroxyl groups excluding tert-OH is 1. The Hall–Kier alpha value is -3.15. The van der Waals surface area contributed by atoms with E-state index in [1.54, 1.807) is 19.1 Å². The van der Waals surface area contributed by atoms with Crippen molar-refractivity contribution in [2.45, 2.75) is 69.4 Å². The van der Waals surface area contributed by atoms with E-state index in [9.17, 15) is 34.8 Å². The standard InChI is InChI=1S/C26H27NO9/c1-10-21(29)15(27)7-17(35-10)36-16-9-26(34,11(2)28)8-14-18(16)24(32)25(33)20-19(14)22(30)12-5-3-4-6-13(12)23(20)31/h3-6,10,15-17,21,29,32-34H,7-9,27H2,1-2H3/t10?,15?,16-,17?,21?,26-/m0/s1. The first-order valence-electron chi connectivity index (χ1n) is 11.7. The summed E-state index contributed by atoms with van der Waals surface area (Å²) in [4.78, 5) is 39.4. The van der Waals surface area contributed by atoms with Gasteiger partial charge in [0.15, 0.2) is 35.1 Å². The van der Waals surface area contributed by atoms with Gasteiger partial charge in [-0.1, -0.05) is 24.3 Å². The Balaban J connectivity index is 1.68. The van der Waals surface area contributed by atoms with Gasteiger partial charge in [0.25, 0.3) is 0 Å². The van der Waals surface area contributed by atoms with Crippen molar-refractivity contribution in [1.82, 2.24) is 0 Å². The van der Waals surface area contributed by atoms with Gasteiger partial charge in [-0.2, -0.15) is 0 Å². The molecule has 10 nitrogen and oxygen atoms in total. The van der Waals surface area contributed by atoms with Crippen LogP contribution in [-0.4, -0.2) is 67.9 Å². The highest BCUT2D eigenvalue weighted by atomic mass is 16.7. The molecule has 2 aromatic carbocycles. The van der Waals surface area contributed by atoms with E-state index in [1.165, 1.54) is 19.1 Å². The van der Waals surface area contributed by atoms with Gasteiger partial charge in [-0.05, 0) is 19.4 Å². The molecular formula is C26H27NO9. The number of aliphatic hydroxyl groups is 2. The molecule has 1 fully saturated rings. The van der Waals surface area contributed by atoms with E-state index < -0.39 is 65.1 Å². The van der Waals surface area contributed by atoms with Crippen LogP contribution in [0.1, 0.15) is 75.8 Å². The number of nitrogens with two attached hydrogens (primary N) is 1. The van der Waals surface area contributed by atoms with Crippen molar-refractivity contribution in [2.24, 2.45) is 5.73 Å². The summed E-state index contributed by atoms with van der Waals surface area (Å²) in [5, 5.41) is 43.3. The molecule has 1 aliphatic heterocycles. The Morgan fingerprint density at radius 3 is 2.31 bits per heavy atom. The molecule has 1 saturated heterocycles. The number of ketones is 3. The van der Waals surface area contributed by atoms with Gasteiger partial charge in [0.2, 0.25) is 0 Å². The predicted octanol–water partition coefficient (Wildman–Crippen LogP) is 1.02. The van der Waals surface area contributed by atoms with E-state index in [-0.39, 0.29) is 52.6 Å². The molecule has 1 heterocycles. The average molecular weight is 498 g/mol. The predicted molar refractivity (Wildman–Crippen MR) is 124 cm³/mol. The van der Waals surface area contributed by atoms with Crippen LogP contribution >= 0.6 is 0 Å². The van der Waals surface area contributed by atoms with Crippen LogP contribution < -0.4 is 5.73 Å². The van der Waals surface area contributed by atoms with Gasteiger partial charge in [-0.15, -0.1) is 0 Å². The van der Waals surface area contributed by atoms with Crippen LogP contribution in [0.4, 0.5) is 0 Å². The molecular weight excluding hydrogens is 470 g/mol. The summed E-state index contributed by atoms with van der Waals surface area (Å²) in [6.07, 6.45) is -4.35. The van der Waals surface area contributed by atoms with Gasteiger partial charge in [0.1, 0.15) is 5.60 Å². The fourth-order valence-electron chi connectivity index (χ4n) is 5.46. The van der Waals surface area contributed by atoms with E-state index >= 15 is 0 Å². The second-order valence-electron chi connectivity index (χ2n) is 9.80. The summed E-state index contributed by atoms with van der Waals surface area (Å²) in [5.41, 5.74) is 3.70. The van der Waals surface area contributed by atoms with Gasteiger partial charge in [-0.25, -0.2) is 0 Å². The Labute approximate surface area is 206 Å². The number of hydrogen-bond acceptors (Lipinski definition) is 10. The quantitative estimate of drug-likeness (QED) is 0.328. The lowest BCUT2D eigenvalue weighted by molar-refractivity contribution is -0.247. The molecule has 3 aliphatic rings. The lowest BCUT2D eigenvalue weighted by atomic mass is 9.70. The fourth-order valence-corrected chi connectivity index (χ4v) is 5.46. The van der Waals surface area contributed by atoms with Crippen molar-refractivity contribution >= 4 is 17.3 Å². The minimum Gasteiger partial charge on any atom is -0.504 e. The molecule has 0 saturated carbocycles. The first-order valence-corrected chi connectivity index (χ1v) is 11.7. The molecule has 0 spiro atoms. The van der Waals surface area contributed by atoms with Crippen molar-refractivity contribution in [3.63, 3.8) is 0 Å². The lowest BCUT2D eigenvalue weighted by Crippen LogP contribution is -2.52. The Kier molecular flexibility index (Phi) is 5.77. The normalized spacial score (nSPS) is 31.4. The largest absolute Gasteiger partial charge is 0.504 e. The zero-order chi connectivity index (χ0) is 26.1. The number of carbonyl (C=O) groups excluding carboxylic acids is 3. The van der Waals surface area contributed by atoms with Gasteiger partial charge in [-0.3, -0.25) is 14.4 Å². The number of fused-ring (bicyclic) bond motifs is 4. The SMILES string of the molecule is CC(=O)[C@]1(O)Cc2c3c(c(O)c(O)c2[C@@H](OC2CC(N)C(O)C(C)O2)C1)C(=O)c1ccccc1C3=O. The maximum Gasteiger partial charge on any atom is 0.198 e. The molecule has 0 radical (unpaired) electrons. The lowest BCUT2D eigenvalue weighted by Gasteiger charge is -2.42. The zero-order valence-electron chi connectivity index (χ0n) is 19.7. The monoisotopic (exact) mass is 497 g/mol. The van der Waals surface area contributed by atoms with Crippen LogP contribution in [0.3, 0.4) is 0 Å². The molecule has 0 amide bonds. The van der Waals surface area contributed by atoms with Crippen LogP contribution in [0.2, 0.25) is 0 Å².